The lowest BCUT2D eigenvalue weighted by Crippen LogP contribution is -2.13. The Balaban J connectivity index is 3.10. The summed E-state index contributed by atoms with van der Waals surface area (Å²) >= 11 is 5.49. The molecule has 0 aliphatic rings. The van der Waals surface area contributed by atoms with Crippen LogP contribution in [0.2, 0.25) is 5.02 Å². The predicted molar refractivity (Wildman–Crippen MR) is 44.6 cm³/mol. The monoisotopic (exact) mass is 207 g/mol. The maximum Gasteiger partial charge on any atom is 0.142 e. The average molecular weight is 208 g/mol. The van der Waals surface area contributed by atoms with Crippen molar-refractivity contribution in [3.63, 3.8) is 0 Å². The van der Waals surface area contributed by atoms with E-state index >= 15 is 0 Å². The van der Waals surface area contributed by atoms with Crippen LogP contribution in [-0.2, 0) is 6.54 Å². The van der Waals surface area contributed by atoms with Crippen molar-refractivity contribution >= 4 is 11.6 Å². The Kier molecular flexibility index (Phi) is 3.19. The predicted octanol–water partition coefficient (Wildman–Crippen LogP) is 2.44. The second kappa shape index (κ2) is 4.00. The first-order valence-corrected chi connectivity index (χ1v) is 3.92. The van der Waals surface area contributed by atoms with Crippen molar-refractivity contribution in [1.82, 2.24) is 5.06 Å². The molecule has 1 rings (SSSR count). The van der Waals surface area contributed by atoms with E-state index in [4.69, 9.17) is 16.8 Å². The molecule has 0 spiro atoms. The van der Waals surface area contributed by atoms with Crippen LogP contribution in [0.5, 0.6) is 0 Å². The third-order valence-corrected chi connectivity index (χ3v) is 1.93. The van der Waals surface area contributed by atoms with E-state index < -0.39 is 11.6 Å². The van der Waals surface area contributed by atoms with Crippen molar-refractivity contribution in [1.29, 1.82) is 0 Å². The van der Waals surface area contributed by atoms with Gasteiger partial charge in [0, 0.05) is 12.6 Å². The van der Waals surface area contributed by atoms with Crippen LogP contribution in [0, 0.1) is 11.6 Å². The number of hydrogen-bond acceptors (Lipinski definition) is 2. The summed E-state index contributed by atoms with van der Waals surface area (Å²) in [5.41, 5.74) is -0.0494. The van der Waals surface area contributed by atoms with Crippen molar-refractivity contribution in [3.05, 3.63) is 34.4 Å². The molecule has 0 radical (unpaired) electrons. The Morgan fingerprint density at radius 1 is 1.38 bits per heavy atom. The first kappa shape index (κ1) is 10.4. The number of benzene rings is 1. The van der Waals surface area contributed by atoms with Gasteiger partial charge in [-0.2, -0.15) is 5.06 Å². The van der Waals surface area contributed by atoms with Gasteiger partial charge in [0.1, 0.15) is 11.6 Å². The first-order valence-electron chi connectivity index (χ1n) is 3.54. The zero-order valence-electron chi connectivity index (χ0n) is 6.89. The van der Waals surface area contributed by atoms with Crippen LogP contribution in [0.1, 0.15) is 5.56 Å². The number of hydroxylamine groups is 2. The topological polar surface area (TPSA) is 23.5 Å². The highest BCUT2D eigenvalue weighted by Gasteiger charge is 2.12. The summed E-state index contributed by atoms with van der Waals surface area (Å²) in [5, 5.41) is 9.27. The number of hydrogen-bond donors (Lipinski definition) is 1. The zero-order valence-corrected chi connectivity index (χ0v) is 7.65. The van der Waals surface area contributed by atoms with Crippen molar-refractivity contribution in [2.24, 2.45) is 0 Å². The summed E-state index contributed by atoms with van der Waals surface area (Å²) < 4.78 is 25.8. The van der Waals surface area contributed by atoms with Gasteiger partial charge in [0.25, 0.3) is 0 Å². The highest BCUT2D eigenvalue weighted by molar-refractivity contribution is 6.31. The Labute approximate surface area is 79.3 Å². The molecule has 0 saturated heterocycles. The molecule has 5 heteroatoms. The molecule has 1 aromatic carbocycles. The van der Waals surface area contributed by atoms with Gasteiger partial charge in [-0.15, -0.1) is 0 Å². The summed E-state index contributed by atoms with van der Waals surface area (Å²) in [7, 11) is 1.32. The Hall–Kier alpha value is -0.710. The molecule has 0 aliphatic heterocycles. The van der Waals surface area contributed by atoms with Crippen molar-refractivity contribution in [2.75, 3.05) is 7.05 Å². The van der Waals surface area contributed by atoms with E-state index in [1.807, 2.05) is 0 Å². The molecule has 0 atom stereocenters. The molecular weight excluding hydrogens is 200 g/mol. The van der Waals surface area contributed by atoms with Gasteiger partial charge in [0.05, 0.1) is 11.6 Å². The quantitative estimate of drug-likeness (QED) is 0.595. The molecule has 0 fully saturated rings. The molecule has 0 bridgehead atoms. The molecule has 72 valence electrons. The molecule has 13 heavy (non-hydrogen) atoms. The number of halogens is 3. The molecule has 0 heterocycles. The van der Waals surface area contributed by atoms with Crippen LogP contribution in [-0.4, -0.2) is 17.3 Å². The van der Waals surface area contributed by atoms with E-state index in [0.717, 1.165) is 17.2 Å². The minimum absolute atomic E-state index is 0.0494. The van der Waals surface area contributed by atoms with Crippen LogP contribution in [0.25, 0.3) is 0 Å². The summed E-state index contributed by atoms with van der Waals surface area (Å²) in [6, 6.07) is 1.92. The standard InChI is InChI=1S/C8H8ClF2NO/c1-12(13)4-5-6(10)2-3-7(11)8(5)9/h2-3,13H,4H2,1H3. The van der Waals surface area contributed by atoms with Crippen molar-refractivity contribution in [3.8, 4) is 0 Å². The largest absolute Gasteiger partial charge is 0.314 e. The molecular formula is C8H8ClF2NO. The van der Waals surface area contributed by atoms with Crippen LogP contribution >= 0.6 is 11.6 Å². The molecule has 2 nitrogen and oxygen atoms in total. The van der Waals surface area contributed by atoms with Crippen LogP contribution < -0.4 is 0 Å². The zero-order chi connectivity index (χ0) is 10.0. The van der Waals surface area contributed by atoms with Gasteiger partial charge in [0.2, 0.25) is 0 Å². The fourth-order valence-electron chi connectivity index (χ4n) is 0.943. The molecule has 0 amide bonds. The minimum atomic E-state index is -0.695. The highest BCUT2D eigenvalue weighted by atomic mass is 35.5. The van der Waals surface area contributed by atoms with Gasteiger partial charge < -0.3 is 5.21 Å². The van der Waals surface area contributed by atoms with Gasteiger partial charge >= 0.3 is 0 Å². The lowest BCUT2D eigenvalue weighted by Gasteiger charge is -2.10. The van der Waals surface area contributed by atoms with E-state index in [9.17, 15) is 8.78 Å². The second-order valence-corrected chi connectivity index (χ2v) is 3.02. The van der Waals surface area contributed by atoms with Gasteiger partial charge in [0.15, 0.2) is 0 Å². The van der Waals surface area contributed by atoms with Gasteiger partial charge in [-0.25, -0.2) is 8.78 Å². The average Bonchev–Trinajstić information content (AvgIpc) is 2.05. The van der Waals surface area contributed by atoms with Gasteiger partial charge in [-0.1, -0.05) is 11.6 Å². The maximum atomic E-state index is 13.0. The second-order valence-electron chi connectivity index (χ2n) is 2.64. The fourth-order valence-corrected chi connectivity index (χ4v) is 1.16. The van der Waals surface area contributed by atoms with E-state index in [-0.39, 0.29) is 17.1 Å². The Bertz CT molecular complexity index is 317. The Morgan fingerprint density at radius 2 is 1.92 bits per heavy atom. The lowest BCUT2D eigenvalue weighted by molar-refractivity contribution is -0.0738. The van der Waals surface area contributed by atoms with Crippen LogP contribution in [0.4, 0.5) is 8.78 Å². The lowest BCUT2D eigenvalue weighted by atomic mass is 10.2. The highest BCUT2D eigenvalue weighted by Crippen LogP contribution is 2.23. The van der Waals surface area contributed by atoms with E-state index in [2.05, 4.69) is 0 Å². The fraction of sp³-hybridized carbons (Fsp3) is 0.250. The molecule has 0 aliphatic carbocycles. The summed E-state index contributed by atoms with van der Waals surface area (Å²) in [4.78, 5) is 0. The van der Waals surface area contributed by atoms with E-state index in [1.165, 1.54) is 7.05 Å². The third kappa shape index (κ3) is 2.37. The first-order chi connectivity index (χ1) is 6.02. The Morgan fingerprint density at radius 3 is 2.46 bits per heavy atom. The third-order valence-electron chi connectivity index (χ3n) is 1.53. The van der Waals surface area contributed by atoms with E-state index in [1.54, 1.807) is 0 Å². The molecule has 0 aromatic heterocycles. The molecule has 0 saturated carbocycles. The van der Waals surface area contributed by atoms with Crippen LogP contribution in [0.15, 0.2) is 12.1 Å². The number of rotatable bonds is 2. The number of nitrogens with zero attached hydrogens (tertiary/aromatic N) is 1. The van der Waals surface area contributed by atoms with Crippen LogP contribution in [0.3, 0.4) is 0 Å². The van der Waals surface area contributed by atoms with Gasteiger partial charge in [-0.05, 0) is 12.1 Å². The molecule has 1 N–H and O–H groups in total. The summed E-state index contributed by atoms with van der Waals surface area (Å²) in [6.45, 7) is -0.150. The minimum Gasteiger partial charge on any atom is -0.314 e. The molecule has 0 unspecified atom stereocenters. The summed E-state index contributed by atoms with van der Waals surface area (Å²) in [5.74, 6) is -1.33. The molecule has 1 aromatic rings. The SMILES string of the molecule is CN(O)Cc1c(F)ccc(F)c1Cl. The van der Waals surface area contributed by atoms with Crippen molar-refractivity contribution in [2.45, 2.75) is 6.54 Å². The smallest absolute Gasteiger partial charge is 0.142 e. The normalized spacial score (nSPS) is 10.9. The van der Waals surface area contributed by atoms with Gasteiger partial charge in [-0.3, -0.25) is 0 Å². The van der Waals surface area contributed by atoms with Crippen molar-refractivity contribution < 1.29 is 14.0 Å². The summed E-state index contributed by atoms with van der Waals surface area (Å²) in [6.07, 6.45) is 0. The van der Waals surface area contributed by atoms with E-state index in [0.29, 0.717) is 0 Å². The maximum absolute atomic E-state index is 13.0.